The summed E-state index contributed by atoms with van der Waals surface area (Å²) in [7, 11) is 0. The van der Waals surface area contributed by atoms with Gasteiger partial charge in [0.25, 0.3) is 0 Å². The predicted molar refractivity (Wildman–Crippen MR) is 98.2 cm³/mol. The first-order valence-electron chi connectivity index (χ1n) is 8.40. The minimum Gasteiger partial charge on any atom is -0.506 e. The van der Waals surface area contributed by atoms with Gasteiger partial charge in [-0.05, 0) is 25.0 Å². The van der Waals surface area contributed by atoms with E-state index in [9.17, 15) is 5.11 Å². The molecule has 1 aliphatic rings. The molecule has 2 heterocycles. The maximum absolute atomic E-state index is 9.97. The molecule has 0 spiro atoms. The van der Waals surface area contributed by atoms with Gasteiger partial charge in [0.05, 0.1) is 22.5 Å². The third-order valence-corrected chi connectivity index (χ3v) is 4.73. The van der Waals surface area contributed by atoms with Gasteiger partial charge < -0.3 is 21.1 Å². The lowest BCUT2D eigenvalue weighted by atomic mass is 10.1. The summed E-state index contributed by atoms with van der Waals surface area (Å²) >= 11 is 0. The van der Waals surface area contributed by atoms with Gasteiger partial charge in [0.2, 0.25) is 0 Å². The van der Waals surface area contributed by atoms with Gasteiger partial charge in [-0.25, -0.2) is 9.97 Å². The van der Waals surface area contributed by atoms with E-state index in [0.29, 0.717) is 28.6 Å². The second-order valence-corrected chi connectivity index (χ2v) is 6.41. The molecular formula is C18H20N6O. The molecule has 7 nitrogen and oxygen atoms in total. The zero-order chi connectivity index (χ0) is 17.4. The second kappa shape index (κ2) is 6.08. The average Bonchev–Trinajstić information content (AvgIpc) is 3.24. The number of phenolic OH excluding ortho intramolecular Hbond substituents is 1. The Labute approximate surface area is 144 Å². The van der Waals surface area contributed by atoms with Crippen LogP contribution < -0.4 is 11.1 Å². The lowest BCUT2D eigenvalue weighted by Crippen LogP contribution is -2.20. The SMILES string of the molecule is N=C(c1cc2cccc(O)c2[nH]1)c1c(N)ncnc1NC1CCCC1. The third-order valence-electron chi connectivity index (χ3n) is 4.73. The van der Waals surface area contributed by atoms with Gasteiger partial charge in [0.1, 0.15) is 23.7 Å². The Morgan fingerprint density at radius 2 is 2.08 bits per heavy atom. The van der Waals surface area contributed by atoms with E-state index in [-0.39, 0.29) is 17.3 Å². The summed E-state index contributed by atoms with van der Waals surface area (Å²) in [6.07, 6.45) is 6.01. The Kier molecular flexibility index (Phi) is 3.76. The van der Waals surface area contributed by atoms with E-state index >= 15 is 0 Å². The van der Waals surface area contributed by atoms with E-state index in [0.717, 1.165) is 18.2 Å². The van der Waals surface area contributed by atoms with E-state index in [1.165, 1.54) is 19.2 Å². The standard InChI is InChI=1S/C18H20N6O/c19-15(12-8-10-4-3-7-13(25)16(10)24-12)14-17(20)21-9-22-18(14)23-11-5-1-2-6-11/h3-4,7-9,11,19,24-25H,1-2,5-6H2,(H3,20,21,22,23). The first-order chi connectivity index (χ1) is 12.1. The minimum atomic E-state index is 0.151. The largest absolute Gasteiger partial charge is 0.506 e. The van der Waals surface area contributed by atoms with E-state index in [1.807, 2.05) is 12.1 Å². The van der Waals surface area contributed by atoms with Crippen molar-refractivity contribution in [1.82, 2.24) is 15.0 Å². The summed E-state index contributed by atoms with van der Waals surface area (Å²) in [6, 6.07) is 7.44. The maximum Gasteiger partial charge on any atom is 0.141 e. The van der Waals surface area contributed by atoms with E-state index in [1.54, 1.807) is 12.1 Å². The molecule has 2 aromatic heterocycles. The summed E-state index contributed by atoms with van der Waals surface area (Å²) in [6.45, 7) is 0. The molecular weight excluding hydrogens is 316 g/mol. The summed E-state index contributed by atoms with van der Waals surface area (Å²) in [4.78, 5) is 11.5. The van der Waals surface area contributed by atoms with Crippen molar-refractivity contribution < 1.29 is 5.11 Å². The number of aromatic hydroxyl groups is 1. The number of rotatable bonds is 4. The van der Waals surface area contributed by atoms with Crippen LogP contribution in [0.1, 0.15) is 36.9 Å². The summed E-state index contributed by atoms with van der Waals surface area (Å²) in [5, 5.41) is 22.8. The minimum absolute atomic E-state index is 0.151. The number of nitrogens with zero attached hydrogens (tertiary/aromatic N) is 2. The normalized spacial score (nSPS) is 14.9. The van der Waals surface area contributed by atoms with Crippen LogP contribution in [0.15, 0.2) is 30.6 Å². The number of fused-ring (bicyclic) bond motifs is 1. The number of nitrogen functional groups attached to an aromatic ring is 1. The predicted octanol–water partition coefficient (Wildman–Crippen LogP) is 3.02. The molecule has 1 fully saturated rings. The van der Waals surface area contributed by atoms with Crippen LogP contribution in [0.25, 0.3) is 10.9 Å². The Morgan fingerprint density at radius 1 is 1.28 bits per heavy atom. The van der Waals surface area contributed by atoms with Gasteiger partial charge in [0, 0.05) is 11.4 Å². The molecule has 1 aromatic carbocycles. The summed E-state index contributed by atoms with van der Waals surface area (Å²) in [5.74, 6) is 1.01. The van der Waals surface area contributed by atoms with Gasteiger partial charge in [-0.15, -0.1) is 0 Å². The Balaban J connectivity index is 1.74. The van der Waals surface area contributed by atoms with Crippen LogP contribution in [-0.2, 0) is 0 Å². The second-order valence-electron chi connectivity index (χ2n) is 6.41. The molecule has 25 heavy (non-hydrogen) atoms. The number of benzene rings is 1. The first kappa shape index (κ1) is 15.4. The molecule has 4 rings (SSSR count). The molecule has 128 valence electrons. The molecule has 6 N–H and O–H groups in total. The van der Waals surface area contributed by atoms with E-state index < -0.39 is 0 Å². The van der Waals surface area contributed by atoms with Gasteiger partial charge in [-0.3, -0.25) is 5.41 Å². The lowest BCUT2D eigenvalue weighted by molar-refractivity contribution is 0.480. The first-order valence-corrected chi connectivity index (χ1v) is 8.40. The van der Waals surface area contributed by atoms with Crippen molar-refractivity contribution in [1.29, 1.82) is 5.41 Å². The van der Waals surface area contributed by atoms with Crippen molar-refractivity contribution in [3.8, 4) is 5.75 Å². The zero-order valence-electron chi connectivity index (χ0n) is 13.7. The molecule has 1 saturated carbocycles. The molecule has 3 aromatic rings. The molecule has 7 heteroatoms. The van der Waals surface area contributed by atoms with Crippen LogP contribution in [0.3, 0.4) is 0 Å². The molecule has 0 saturated heterocycles. The number of hydrogen-bond donors (Lipinski definition) is 5. The van der Waals surface area contributed by atoms with Gasteiger partial charge in [-0.1, -0.05) is 25.0 Å². The Hall–Kier alpha value is -3.09. The number of aromatic nitrogens is 3. The van der Waals surface area contributed by atoms with Crippen molar-refractivity contribution in [3.63, 3.8) is 0 Å². The monoisotopic (exact) mass is 336 g/mol. The van der Waals surface area contributed by atoms with Crippen molar-refractivity contribution in [3.05, 3.63) is 41.9 Å². The summed E-state index contributed by atoms with van der Waals surface area (Å²) in [5.41, 5.74) is 7.91. The Bertz CT molecular complexity index is 942. The van der Waals surface area contributed by atoms with Crippen LogP contribution in [0.4, 0.5) is 11.6 Å². The fourth-order valence-electron chi connectivity index (χ4n) is 3.43. The molecule has 0 aliphatic heterocycles. The lowest BCUT2D eigenvalue weighted by Gasteiger charge is -2.17. The van der Waals surface area contributed by atoms with Crippen LogP contribution in [0.2, 0.25) is 0 Å². The molecule has 0 bridgehead atoms. The summed E-state index contributed by atoms with van der Waals surface area (Å²) < 4.78 is 0. The highest BCUT2D eigenvalue weighted by Crippen LogP contribution is 2.29. The number of para-hydroxylation sites is 1. The average molecular weight is 336 g/mol. The van der Waals surface area contributed by atoms with Crippen molar-refractivity contribution in [2.45, 2.75) is 31.7 Å². The van der Waals surface area contributed by atoms with Crippen molar-refractivity contribution in [2.24, 2.45) is 0 Å². The highest BCUT2D eigenvalue weighted by molar-refractivity contribution is 6.17. The highest BCUT2D eigenvalue weighted by atomic mass is 16.3. The Morgan fingerprint density at radius 3 is 2.84 bits per heavy atom. The van der Waals surface area contributed by atoms with Gasteiger partial charge >= 0.3 is 0 Å². The smallest absolute Gasteiger partial charge is 0.141 e. The van der Waals surface area contributed by atoms with Gasteiger partial charge in [0.15, 0.2) is 0 Å². The number of nitrogens with two attached hydrogens (primary N) is 1. The number of phenols is 1. The number of aromatic amines is 1. The zero-order valence-corrected chi connectivity index (χ0v) is 13.7. The highest BCUT2D eigenvalue weighted by Gasteiger charge is 2.22. The fraction of sp³-hybridized carbons (Fsp3) is 0.278. The van der Waals surface area contributed by atoms with E-state index in [4.69, 9.17) is 11.1 Å². The number of hydrogen-bond acceptors (Lipinski definition) is 6. The van der Waals surface area contributed by atoms with Crippen LogP contribution >= 0.6 is 0 Å². The molecule has 0 amide bonds. The number of nitrogens with one attached hydrogen (secondary N) is 3. The number of H-pyrrole nitrogens is 1. The van der Waals surface area contributed by atoms with Gasteiger partial charge in [-0.2, -0.15) is 0 Å². The molecule has 0 unspecified atom stereocenters. The quantitative estimate of drug-likeness (QED) is 0.469. The van der Waals surface area contributed by atoms with Crippen molar-refractivity contribution in [2.75, 3.05) is 11.1 Å². The van der Waals surface area contributed by atoms with Crippen molar-refractivity contribution >= 4 is 28.3 Å². The molecule has 0 radical (unpaired) electrons. The molecule has 0 atom stereocenters. The van der Waals surface area contributed by atoms with Crippen LogP contribution in [0.5, 0.6) is 5.75 Å². The molecule has 1 aliphatic carbocycles. The van der Waals surface area contributed by atoms with E-state index in [2.05, 4.69) is 20.3 Å². The maximum atomic E-state index is 9.97. The number of anilines is 2. The third kappa shape index (κ3) is 2.77. The fourth-order valence-corrected chi connectivity index (χ4v) is 3.43. The topological polar surface area (TPSA) is 124 Å². The van der Waals surface area contributed by atoms with Crippen LogP contribution in [-0.4, -0.2) is 31.8 Å². The van der Waals surface area contributed by atoms with Crippen LogP contribution in [0, 0.1) is 5.41 Å².